The van der Waals surface area contributed by atoms with E-state index in [1.807, 2.05) is 37.3 Å². The summed E-state index contributed by atoms with van der Waals surface area (Å²) in [4.78, 5) is 17.9. The lowest BCUT2D eigenvalue weighted by atomic mass is 9.95. The van der Waals surface area contributed by atoms with Gasteiger partial charge >= 0.3 is 5.97 Å². The summed E-state index contributed by atoms with van der Waals surface area (Å²) in [5.74, 6) is 1.58. The van der Waals surface area contributed by atoms with Gasteiger partial charge < -0.3 is 14.8 Å². The molecule has 0 amide bonds. The highest BCUT2D eigenvalue weighted by molar-refractivity contribution is 7.99. The van der Waals surface area contributed by atoms with Gasteiger partial charge in [-0.3, -0.25) is 0 Å². The predicted octanol–water partition coefficient (Wildman–Crippen LogP) is 7.07. The first-order valence-electron chi connectivity index (χ1n) is 11.9. The number of nitrogens with zero attached hydrogens (tertiary/aromatic N) is 3. The van der Waals surface area contributed by atoms with Crippen LogP contribution in [-0.2, 0) is 16.1 Å². The summed E-state index contributed by atoms with van der Waals surface area (Å²) < 4.78 is 13.4. The molecule has 3 aromatic rings. The number of benzene rings is 2. The first-order chi connectivity index (χ1) is 17.9. The summed E-state index contributed by atoms with van der Waals surface area (Å²) in [6, 6.07) is 12.2. The highest BCUT2D eigenvalue weighted by Crippen LogP contribution is 2.40. The largest absolute Gasteiger partial charge is 0.488 e. The van der Waals surface area contributed by atoms with Crippen LogP contribution in [0.5, 0.6) is 5.75 Å². The summed E-state index contributed by atoms with van der Waals surface area (Å²) in [7, 11) is 0. The zero-order chi connectivity index (χ0) is 26.4. The Balaban J connectivity index is 1.73. The molecular weight excluding hydrogens is 531 g/mol. The van der Waals surface area contributed by atoms with Crippen molar-refractivity contribution in [2.45, 2.75) is 44.5 Å². The van der Waals surface area contributed by atoms with Crippen molar-refractivity contribution < 1.29 is 14.3 Å². The van der Waals surface area contributed by atoms with E-state index in [1.54, 1.807) is 28.6 Å². The third kappa shape index (κ3) is 6.32. The first kappa shape index (κ1) is 27.1. The topological polar surface area (TPSA) is 78.3 Å². The second kappa shape index (κ2) is 12.5. The lowest BCUT2D eigenvalue weighted by Gasteiger charge is -2.29. The molecule has 1 aliphatic rings. The second-order valence-corrected chi connectivity index (χ2v) is 10.3. The van der Waals surface area contributed by atoms with E-state index in [4.69, 9.17) is 37.8 Å². The fourth-order valence-corrected chi connectivity index (χ4v) is 5.27. The highest BCUT2D eigenvalue weighted by atomic mass is 35.5. The fourth-order valence-electron chi connectivity index (χ4n) is 3.90. The number of carbonyl (C=O) groups excluding carboxylic acids is 1. The Morgan fingerprint density at radius 2 is 2.08 bits per heavy atom. The number of fused-ring (bicyclic) bond motifs is 1. The molecular formula is C27H28Cl2N4O3S. The minimum Gasteiger partial charge on any atom is -0.488 e. The molecule has 0 saturated carbocycles. The Kier molecular flexibility index (Phi) is 9.18. The Bertz CT molecular complexity index is 1320. The van der Waals surface area contributed by atoms with Gasteiger partial charge in [0.1, 0.15) is 25.0 Å². The van der Waals surface area contributed by atoms with E-state index in [2.05, 4.69) is 23.8 Å². The lowest BCUT2D eigenvalue weighted by Crippen LogP contribution is -2.30. The van der Waals surface area contributed by atoms with E-state index < -0.39 is 12.0 Å². The molecule has 0 radical (unpaired) electrons. The van der Waals surface area contributed by atoms with Crippen molar-refractivity contribution in [3.8, 4) is 5.75 Å². The van der Waals surface area contributed by atoms with Gasteiger partial charge in [-0.05, 0) is 31.5 Å². The summed E-state index contributed by atoms with van der Waals surface area (Å²) in [6.07, 6.45) is 3.69. The average Bonchev–Trinajstić information content (AvgIpc) is 3.28. The average molecular weight is 560 g/mol. The summed E-state index contributed by atoms with van der Waals surface area (Å²) in [6.45, 7) is 7.94. The van der Waals surface area contributed by atoms with Gasteiger partial charge in [0.2, 0.25) is 11.1 Å². The smallest absolute Gasteiger partial charge is 0.338 e. The SMILES string of the molecule is C=CCOC(=O)C1=C(C)Nc2nc(SCCCC)nn2C1c1ccccc1OCc1ccc(Cl)cc1Cl. The minimum absolute atomic E-state index is 0.0951. The Morgan fingerprint density at radius 1 is 1.27 bits per heavy atom. The van der Waals surface area contributed by atoms with E-state index in [-0.39, 0.29) is 13.2 Å². The molecule has 4 rings (SSSR count). The number of anilines is 1. The molecule has 0 saturated heterocycles. The molecule has 1 aromatic heterocycles. The van der Waals surface area contributed by atoms with Crippen LogP contribution < -0.4 is 10.1 Å². The van der Waals surface area contributed by atoms with Crippen LogP contribution in [0, 0.1) is 0 Å². The van der Waals surface area contributed by atoms with Crippen molar-refractivity contribution >= 4 is 46.9 Å². The van der Waals surface area contributed by atoms with Crippen molar-refractivity contribution in [3.63, 3.8) is 0 Å². The molecule has 1 N–H and O–H groups in total. The second-order valence-electron chi connectivity index (χ2n) is 8.38. The number of halogens is 2. The van der Waals surface area contributed by atoms with Crippen LogP contribution in [0.25, 0.3) is 0 Å². The fraction of sp³-hybridized carbons (Fsp3) is 0.296. The van der Waals surface area contributed by atoms with Crippen molar-refractivity contribution in [1.82, 2.24) is 14.8 Å². The summed E-state index contributed by atoms with van der Waals surface area (Å²) in [5.41, 5.74) is 2.60. The molecule has 194 valence electrons. The standard InChI is InChI=1S/C27H28Cl2N4O3S/c1-4-6-14-37-27-31-26-30-17(3)23(25(34)35-13-5-2)24(33(26)32-27)20-9-7-8-10-22(20)36-16-18-11-12-19(28)15-21(18)29/h5,7-12,15,24H,2,4,6,13-14,16H2,1,3H3,(H,30,31,32). The number of hydrogen-bond donors (Lipinski definition) is 1. The van der Waals surface area contributed by atoms with E-state index in [0.29, 0.717) is 38.2 Å². The normalized spacial score (nSPS) is 14.6. The number of unbranched alkanes of at least 4 members (excludes halogenated alkanes) is 1. The van der Waals surface area contributed by atoms with Gasteiger partial charge in [0, 0.05) is 32.6 Å². The number of allylic oxidation sites excluding steroid dienone is 1. The van der Waals surface area contributed by atoms with Gasteiger partial charge in [0.15, 0.2) is 0 Å². The molecule has 0 bridgehead atoms. The third-order valence-electron chi connectivity index (χ3n) is 5.73. The van der Waals surface area contributed by atoms with Gasteiger partial charge in [-0.15, -0.1) is 5.10 Å². The molecule has 7 nitrogen and oxygen atoms in total. The molecule has 1 atom stereocenters. The number of hydrogen-bond acceptors (Lipinski definition) is 7. The number of nitrogens with one attached hydrogen (secondary N) is 1. The van der Waals surface area contributed by atoms with Crippen molar-refractivity contribution in [1.29, 1.82) is 0 Å². The number of esters is 1. The number of thioether (sulfide) groups is 1. The van der Waals surface area contributed by atoms with Crippen LogP contribution in [0.15, 0.2) is 71.5 Å². The first-order valence-corrected chi connectivity index (χ1v) is 13.7. The summed E-state index contributed by atoms with van der Waals surface area (Å²) >= 11 is 14.0. The quantitative estimate of drug-likeness (QED) is 0.116. The molecule has 10 heteroatoms. The zero-order valence-corrected chi connectivity index (χ0v) is 23.0. The van der Waals surface area contributed by atoms with E-state index in [0.717, 1.165) is 29.7 Å². The van der Waals surface area contributed by atoms with Gasteiger partial charge in [-0.1, -0.05) is 85.2 Å². The number of ether oxygens (including phenoxy) is 2. The van der Waals surface area contributed by atoms with Crippen LogP contribution in [-0.4, -0.2) is 33.1 Å². The highest BCUT2D eigenvalue weighted by Gasteiger charge is 2.36. The van der Waals surface area contributed by atoms with E-state index >= 15 is 0 Å². The van der Waals surface area contributed by atoms with Crippen molar-refractivity contribution in [2.24, 2.45) is 0 Å². The molecule has 2 aromatic carbocycles. The van der Waals surface area contributed by atoms with Crippen LogP contribution in [0.1, 0.15) is 43.9 Å². The molecule has 1 aliphatic heterocycles. The van der Waals surface area contributed by atoms with Crippen LogP contribution in [0.2, 0.25) is 10.0 Å². The van der Waals surface area contributed by atoms with Gasteiger partial charge in [-0.25, -0.2) is 9.48 Å². The number of aromatic nitrogens is 3. The van der Waals surface area contributed by atoms with E-state index in [9.17, 15) is 4.79 Å². The van der Waals surface area contributed by atoms with Crippen molar-refractivity contribution in [3.05, 3.63) is 87.6 Å². The predicted molar refractivity (Wildman–Crippen MR) is 149 cm³/mol. The maximum absolute atomic E-state index is 13.2. The van der Waals surface area contributed by atoms with Gasteiger partial charge in [0.05, 0.1) is 5.57 Å². The maximum Gasteiger partial charge on any atom is 0.338 e. The molecule has 37 heavy (non-hydrogen) atoms. The Morgan fingerprint density at radius 3 is 2.84 bits per heavy atom. The van der Waals surface area contributed by atoms with Gasteiger partial charge in [-0.2, -0.15) is 4.98 Å². The number of para-hydroxylation sites is 1. The minimum atomic E-state index is -0.613. The molecule has 2 heterocycles. The molecule has 0 fully saturated rings. The number of rotatable bonds is 11. The van der Waals surface area contributed by atoms with Crippen LogP contribution >= 0.6 is 35.0 Å². The van der Waals surface area contributed by atoms with Crippen LogP contribution in [0.4, 0.5) is 5.95 Å². The number of carbonyl (C=O) groups is 1. The van der Waals surface area contributed by atoms with Crippen LogP contribution in [0.3, 0.4) is 0 Å². The molecule has 1 unspecified atom stereocenters. The molecule has 0 aliphatic carbocycles. The Hall–Kier alpha value is -2.94. The van der Waals surface area contributed by atoms with Crippen molar-refractivity contribution in [2.75, 3.05) is 17.7 Å². The molecule has 0 spiro atoms. The Labute approximate surface area is 230 Å². The zero-order valence-electron chi connectivity index (χ0n) is 20.7. The van der Waals surface area contributed by atoms with E-state index in [1.165, 1.54) is 6.08 Å². The summed E-state index contributed by atoms with van der Waals surface area (Å²) in [5, 5.41) is 9.70. The monoisotopic (exact) mass is 558 g/mol. The van der Waals surface area contributed by atoms with Gasteiger partial charge in [0.25, 0.3) is 0 Å². The third-order valence-corrected chi connectivity index (χ3v) is 7.24. The maximum atomic E-state index is 13.2. The lowest BCUT2D eigenvalue weighted by molar-refractivity contribution is -0.138.